The van der Waals surface area contributed by atoms with Crippen molar-refractivity contribution in [3.8, 4) is 0 Å². The van der Waals surface area contributed by atoms with Gasteiger partial charge in [-0.2, -0.15) is 0 Å². The Balaban J connectivity index is 2.11. The summed E-state index contributed by atoms with van der Waals surface area (Å²) in [6, 6.07) is 0.0461. The van der Waals surface area contributed by atoms with E-state index in [0.29, 0.717) is 0 Å². The Labute approximate surface area is 96.6 Å². The highest BCUT2D eigenvalue weighted by molar-refractivity contribution is 5.95. The van der Waals surface area contributed by atoms with Gasteiger partial charge in [-0.25, -0.2) is 0 Å². The Morgan fingerprint density at radius 2 is 2.19 bits per heavy atom. The van der Waals surface area contributed by atoms with E-state index in [4.69, 9.17) is 0 Å². The van der Waals surface area contributed by atoms with Crippen LogP contribution in [-0.2, 0) is 9.59 Å². The van der Waals surface area contributed by atoms with Gasteiger partial charge in [-0.3, -0.25) is 9.59 Å². The summed E-state index contributed by atoms with van der Waals surface area (Å²) in [4.78, 5) is 27.6. The third kappa shape index (κ3) is 1.81. The maximum Gasteiger partial charge on any atom is 0.246 e. The van der Waals surface area contributed by atoms with Crippen molar-refractivity contribution in [1.82, 2.24) is 9.80 Å². The molecule has 0 saturated carbocycles. The number of hydrogen-bond donors (Lipinski definition) is 0. The minimum atomic E-state index is -0.152. The molecule has 0 aromatic rings. The summed E-state index contributed by atoms with van der Waals surface area (Å²) < 4.78 is 0. The Bertz CT molecular complexity index is 303. The molecule has 0 radical (unpaired) electrons. The zero-order valence-corrected chi connectivity index (χ0v) is 10.1. The Morgan fingerprint density at radius 3 is 2.88 bits per heavy atom. The van der Waals surface area contributed by atoms with Gasteiger partial charge < -0.3 is 9.80 Å². The summed E-state index contributed by atoms with van der Waals surface area (Å²) in [6.45, 7) is 5.20. The van der Waals surface area contributed by atoms with Crippen LogP contribution < -0.4 is 0 Å². The van der Waals surface area contributed by atoms with Gasteiger partial charge in [-0.15, -0.1) is 0 Å². The molecule has 2 atom stereocenters. The lowest BCUT2D eigenvalue weighted by Gasteiger charge is -2.39. The number of amides is 2. The first-order valence-corrected chi connectivity index (χ1v) is 6.25. The lowest BCUT2D eigenvalue weighted by atomic mass is 10.1. The lowest BCUT2D eigenvalue weighted by molar-refractivity contribution is -0.155. The van der Waals surface area contributed by atoms with Crippen molar-refractivity contribution in [2.45, 2.75) is 51.6 Å². The van der Waals surface area contributed by atoms with Crippen molar-refractivity contribution in [1.29, 1.82) is 0 Å². The molecule has 2 amide bonds. The van der Waals surface area contributed by atoms with E-state index in [1.54, 1.807) is 9.80 Å². The van der Waals surface area contributed by atoms with Crippen molar-refractivity contribution >= 4 is 11.8 Å². The van der Waals surface area contributed by atoms with E-state index in [1.807, 2.05) is 6.92 Å². The van der Waals surface area contributed by atoms with Gasteiger partial charge in [0.25, 0.3) is 0 Å². The molecule has 2 saturated heterocycles. The predicted molar refractivity (Wildman–Crippen MR) is 60.8 cm³/mol. The van der Waals surface area contributed by atoms with Crippen molar-refractivity contribution in [3.05, 3.63) is 0 Å². The van der Waals surface area contributed by atoms with Crippen LogP contribution in [0, 0.1) is 0 Å². The minimum Gasteiger partial charge on any atom is -0.329 e. The molecular formula is C12H20N2O2. The van der Waals surface area contributed by atoms with Crippen LogP contribution in [0.1, 0.15) is 39.5 Å². The molecule has 0 aliphatic carbocycles. The van der Waals surface area contributed by atoms with E-state index in [2.05, 4.69) is 6.92 Å². The highest BCUT2D eigenvalue weighted by Crippen LogP contribution is 2.25. The quantitative estimate of drug-likeness (QED) is 0.718. The van der Waals surface area contributed by atoms with Crippen molar-refractivity contribution < 1.29 is 9.59 Å². The number of carbonyl (C=O) groups excluding carboxylic acids is 2. The van der Waals surface area contributed by atoms with E-state index in [0.717, 1.165) is 32.2 Å². The molecule has 2 fully saturated rings. The molecule has 2 aliphatic heterocycles. The molecule has 0 bridgehead atoms. The normalized spacial score (nSPS) is 27.2. The second kappa shape index (κ2) is 4.44. The predicted octanol–water partition coefficient (Wildman–Crippen LogP) is 1.01. The van der Waals surface area contributed by atoms with E-state index >= 15 is 0 Å². The number of hydrogen-bond acceptors (Lipinski definition) is 2. The molecule has 2 aliphatic rings. The van der Waals surface area contributed by atoms with Crippen molar-refractivity contribution in [2.24, 2.45) is 0 Å². The van der Waals surface area contributed by atoms with Crippen LogP contribution in [0.15, 0.2) is 0 Å². The van der Waals surface area contributed by atoms with Crippen LogP contribution in [0.3, 0.4) is 0 Å². The molecule has 0 aromatic heterocycles. The average molecular weight is 224 g/mol. The van der Waals surface area contributed by atoms with Crippen molar-refractivity contribution in [3.63, 3.8) is 0 Å². The Morgan fingerprint density at radius 1 is 1.44 bits per heavy atom. The first-order chi connectivity index (χ1) is 7.65. The first-order valence-electron chi connectivity index (χ1n) is 6.25. The average Bonchev–Trinajstić information content (AvgIpc) is 2.73. The maximum absolute atomic E-state index is 12.2. The second-order valence-corrected chi connectivity index (χ2v) is 4.85. The summed E-state index contributed by atoms with van der Waals surface area (Å²) in [5.74, 6) is 0.295. The zero-order chi connectivity index (χ0) is 11.7. The zero-order valence-electron chi connectivity index (χ0n) is 10.1. The molecule has 0 spiro atoms. The molecule has 4 heteroatoms. The largest absolute Gasteiger partial charge is 0.329 e. The van der Waals surface area contributed by atoms with E-state index in [9.17, 15) is 9.59 Å². The number of fused-ring (bicyclic) bond motifs is 1. The molecule has 16 heavy (non-hydrogen) atoms. The summed E-state index contributed by atoms with van der Waals surface area (Å²) in [5.41, 5.74) is 0. The highest BCUT2D eigenvalue weighted by Gasteiger charge is 2.42. The fraction of sp³-hybridized carbons (Fsp3) is 0.833. The number of piperazine rings is 1. The van der Waals surface area contributed by atoms with Crippen molar-refractivity contribution in [2.75, 3.05) is 13.1 Å². The molecule has 0 N–H and O–H groups in total. The van der Waals surface area contributed by atoms with Gasteiger partial charge >= 0.3 is 0 Å². The molecule has 0 aromatic carbocycles. The van der Waals surface area contributed by atoms with E-state index in [-0.39, 0.29) is 30.4 Å². The summed E-state index contributed by atoms with van der Waals surface area (Å²) in [5, 5.41) is 0. The van der Waals surface area contributed by atoms with Gasteiger partial charge in [0.15, 0.2) is 0 Å². The minimum absolute atomic E-state index is 0.130. The van der Waals surface area contributed by atoms with Crippen LogP contribution >= 0.6 is 0 Å². The van der Waals surface area contributed by atoms with Crippen LogP contribution in [0.2, 0.25) is 0 Å². The van der Waals surface area contributed by atoms with Crippen LogP contribution in [0.4, 0.5) is 0 Å². The Kier molecular flexibility index (Phi) is 3.17. The standard InChI is InChI=1S/C12H20N2O2/c1-3-5-9(2)14-8-11(15)13-7-4-6-10(13)12(14)16/h9-10H,3-8H2,1-2H3. The van der Waals surface area contributed by atoms with Gasteiger partial charge in [-0.1, -0.05) is 13.3 Å². The van der Waals surface area contributed by atoms with Crippen LogP contribution in [0.25, 0.3) is 0 Å². The second-order valence-electron chi connectivity index (χ2n) is 4.85. The van der Waals surface area contributed by atoms with Crippen LogP contribution in [-0.4, -0.2) is 46.8 Å². The van der Waals surface area contributed by atoms with Gasteiger partial charge in [0.05, 0.1) is 0 Å². The SMILES string of the molecule is CCCC(C)N1CC(=O)N2CCCC2C1=O. The number of rotatable bonds is 3. The van der Waals surface area contributed by atoms with Gasteiger partial charge in [0.2, 0.25) is 11.8 Å². The number of carbonyl (C=O) groups is 2. The maximum atomic E-state index is 12.2. The first kappa shape index (κ1) is 11.4. The third-order valence-electron chi connectivity index (χ3n) is 3.69. The third-order valence-corrected chi connectivity index (χ3v) is 3.69. The fourth-order valence-corrected chi connectivity index (χ4v) is 2.77. The molecule has 4 nitrogen and oxygen atoms in total. The molecule has 2 heterocycles. The van der Waals surface area contributed by atoms with E-state index in [1.165, 1.54) is 0 Å². The molecule has 2 rings (SSSR count). The Hall–Kier alpha value is -1.06. The van der Waals surface area contributed by atoms with Crippen LogP contribution in [0.5, 0.6) is 0 Å². The smallest absolute Gasteiger partial charge is 0.246 e. The number of nitrogens with zero attached hydrogens (tertiary/aromatic N) is 2. The topological polar surface area (TPSA) is 40.6 Å². The molecular weight excluding hydrogens is 204 g/mol. The highest BCUT2D eigenvalue weighted by atomic mass is 16.2. The monoisotopic (exact) mass is 224 g/mol. The van der Waals surface area contributed by atoms with Gasteiger partial charge in [0.1, 0.15) is 12.6 Å². The molecule has 90 valence electrons. The lowest BCUT2D eigenvalue weighted by Crippen LogP contribution is -2.59. The summed E-state index contributed by atoms with van der Waals surface area (Å²) in [7, 11) is 0. The fourth-order valence-electron chi connectivity index (χ4n) is 2.77. The summed E-state index contributed by atoms with van der Waals surface area (Å²) in [6.07, 6.45) is 3.84. The summed E-state index contributed by atoms with van der Waals surface area (Å²) >= 11 is 0. The van der Waals surface area contributed by atoms with Gasteiger partial charge in [-0.05, 0) is 26.2 Å². The van der Waals surface area contributed by atoms with E-state index < -0.39 is 0 Å². The van der Waals surface area contributed by atoms with Gasteiger partial charge in [0, 0.05) is 12.6 Å². The molecule has 2 unspecified atom stereocenters.